The lowest BCUT2D eigenvalue weighted by atomic mass is 10.1. The summed E-state index contributed by atoms with van der Waals surface area (Å²) >= 11 is 0. The van der Waals surface area contributed by atoms with E-state index in [0.29, 0.717) is 36.8 Å². The van der Waals surface area contributed by atoms with Crippen molar-refractivity contribution in [3.05, 3.63) is 0 Å². The molecule has 0 bridgehead atoms. The molecule has 0 atom stereocenters. The average molecular weight is 248 g/mol. The topological polar surface area (TPSA) is 89.3 Å². The van der Waals surface area contributed by atoms with Crippen LogP contribution >= 0.6 is 0 Å². The van der Waals surface area contributed by atoms with Gasteiger partial charge >= 0.3 is 0 Å². The fourth-order valence-electron chi connectivity index (χ4n) is 1.82. The number of nitrogens with two attached hydrogens (primary N) is 1. The SMILES string of the molecule is NC(=O)CCCCNC1CCS(=O)(=O)CC1. The van der Waals surface area contributed by atoms with Gasteiger partial charge in [-0.1, -0.05) is 0 Å². The van der Waals surface area contributed by atoms with Gasteiger partial charge in [0.15, 0.2) is 0 Å². The molecule has 0 spiro atoms. The van der Waals surface area contributed by atoms with Crippen LogP contribution in [0.4, 0.5) is 0 Å². The quantitative estimate of drug-likeness (QED) is 0.638. The highest BCUT2D eigenvalue weighted by Gasteiger charge is 2.22. The molecule has 0 aliphatic carbocycles. The number of rotatable bonds is 6. The first-order valence-electron chi connectivity index (χ1n) is 5.72. The number of carbonyl (C=O) groups excluding carboxylic acids is 1. The molecular formula is C10H20N2O3S. The molecule has 1 rings (SSSR count). The zero-order valence-electron chi connectivity index (χ0n) is 9.44. The highest BCUT2D eigenvalue weighted by molar-refractivity contribution is 7.91. The summed E-state index contributed by atoms with van der Waals surface area (Å²) in [7, 11) is -2.76. The van der Waals surface area contributed by atoms with Crippen LogP contribution in [0.3, 0.4) is 0 Å². The third-order valence-corrected chi connectivity index (χ3v) is 4.55. The molecule has 0 saturated carbocycles. The van der Waals surface area contributed by atoms with Gasteiger partial charge in [0, 0.05) is 12.5 Å². The molecule has 3 N–H and O–H groups in total. The molecule has 1 aliphatic heterocycles. The van der Waals surface area contributed by atoms with Crippen molar-refractivity contribution in [2.24, 2.45) is 5.73 Å². The molecule has 1 heterocycles. The summed E-state index contributed by atoms with van der Waals surface area (Å²) in [6, 6.07) is 0.317. The first-order chi connectivity index (χ1) is 7.49. The second-order valence-corrected chi connectivity index (χ2v) is 6.61. The molecule has 6 heteroatoms. The maximum atomic E-state index is 11.2. The Kier molecular flexibility index (Phi) is 5.21. The van der Waals surface area contributed by atoms with Crippen molar-refractivity contribution in [3.63, 3.8) is 0 Å². The lowest BCUT2D eigenvalue weighted by molar-refractivity contribution is -0.118. The molecular weight excluding hydrogens is 228 g/mol. The number of sulfone groups is 1. The molecule has 1 aliphatic rings. The second kappa shape index (κ2) is 6.20. The van der Waals surface area contributed by atoms with Crippen LogP contribution in [0.15, 0.2) is 0 Å². The summed E-state index contributed by atoms with van der Waals surface area (Å²) in [5, 5.41) is 3.32. The van der Waals surface area contributed by atoms with Crippen molar-refractivity contribution < 1.29 is 13.2 Å². The van der Waals surface area contributed by atoms with Crippen molar-refractivity contribution in [2.45, 2.75) is 38.1 Å². The van der Waals surface area contributed by atoms with Gasteiger partial charge in [0.25, 0.3) is 0 Å². The minimum Gasteiger partial charge on any atom is -0.370 e. The van der Waals surface area contributed by atoms with Crippen molar-refractivity contribution in [3.8, 4) is 0 Å². The summed E-state index contributed by atoms with van der Waals surface area (Å²) in [4.78, 5) is 10.5. The number of hydrogen-bond acceptors (Lipinski definition) is 4. The summed E-state index contributed by atoms with van der Waals surface area (Å²) in [6.07, 6.45) is 3.55. The van der Waals surface area contributed by atoms with Gasteiger partial charge in [0.05, 0.1) is 11.5 Å². The maximum Gasteiger partial charge on any atom is 0.217 e. The standard InChI is InChI=1S/C10H20N2O3S/c11-10(13)3-1-2-6-12-9-4-7-16(14,15)8-5-9/h9,12H,1-8H2,(H2,11,13). The second-order valence-electron chi connectivity index (χ2n) is 4.30. The molecule has 94 valence electrons. The van der Waals surface area contributed by atoms with Crippen LogP contribution < -0.4 is 11.1 Å². The van der Waals surface area contributed by atoms with E-state index in [0.717, 1.165) is 19.4 Å². The van der Waals surface area contributed by atoms with E-state index >= 15 is 0 Å². The van der Waals surface area contributed by atoms with Gasteiger partial charge in [0.2, 0.25) is 5.91 Å². The minimum absolute atomic E-state index is 0.260. The fourth-order valence-corrected chi connectivity index (χ4v) is 3.32. The number of primary amides is 1. The van der Waals surface area contributed by atoms with Crippen LogP contribution in [-0.4, -0.2) is 38.4 Å². The van der Waals surface area contributed by atoms with Crippen molar-refractivity contribution >= 4 is 15.7 Å². The monoisotopic (exact) mass is 248 g/mol. The lowest BCUT2D eigenvalue weighted by Crippen LogP contribution is -2.37. The van der Waals surface area contributed by atoms with Crippen LogP contribution in [0.2, 0.25) is 0 Å². The van der Waals surface area contributed by atoms with Gasteiger partial charge in [-0.25, -0.2) is 8.42 Å². The van der Waals surface area contributed by atoms with E-state index in [4.69, 9.17) is 5.73 Å². The van der Waals surface area contributed by atoms with Crippen molar-refractivity contribution in [2.75, 3.05) is 18.1 Å². The van der Waals surface area contributed by atoms with E-state index < -0.39 is 9.84 Å². The number of amides is 1. The molecule has 0 radical (unpaired) electrons. The smallest absolute Gasteiger partial charge is 0.217 e. The molecule has 1 amide bonds. The highest BCUT2D eigenvalue weighted by Crippen LogP contribution is 2.12. The Morgan fingerprint density at radius 1 is 1.25 bits per heavy atom. The first-order valence-corrected chi connectivity index (χ1v) is 7.54. The van der Waals surface area contributed by atoms with E-state index in [2.05, 4.69) is 5.32 Å². The van der Waals surface area contributed by atoms with Crippen LogP contribution in [0.1, 0.15) is 32.1 Å². The van der Waals surface area contributed by atoms with Crippen LogP contribution in [0.5, 0.6) is 0 Å². The molecule has 16 heavy (non-hydrogen) atoms. The Hall–Kier alpha value is -0.620. The summed E-state index contributed by atoms with van der Waals surface area (Å²) < 4.78 is 22.3. The molecule has 0 aromatic heterocycles. The predicted molar refractivity (Wildman–Crippen MR) is 62.7 cm³/mol. The summed E-state index contributed by atoms with van der Waals surface area (Å²) in [6.45, 7) is 0.831. The average Bonchev–Trinajstić information content (AvgIpc) is 2.19. The molecule has 0 aromatic rings. The molecule has 1 fully saturated rings. The number of hydrogen-bond donors (Lipinski definition) is 2. The van der Waals surface area contributed by atoms with E-state index in [1.165, 1.54) is 0 Å². The fraction of sp³-hybridized carbons (Fsp3) is 0.900. The van der Waals surface area contributed by atoms with Gasteiger partial charge in [-0.2, -0.15) is 0 Å². The van der Waals surface area contributed by atoms with Crippen molar-refractivity contribution in [1.82, 2.24) is 5.32 Å². The van der Waals surface area contributed by atoms with Crippen molar-refractivity contribution in [1.29, 1.82) is 0 Å². The van der Waals surface area contributed by atoms with Gasteiger partial charge in [-0.3, -0.25) is 4.79 Å². The van der Waals surface area contributed by atoms with Gasteiger partial charge in [-0.05, 0) is 32.2 Å². The number of nitrogens with one attached hydrogen (secondary N) is 1. The van der Waals surface area contributed by atoms with E-state index in [1.54, 1.807) is 0 Å². The normalized spacial score (nSPS) is 20.8. The highest BCUT2D eigenvalue weighted by atomic mass is 32.2. The van der Waals surface area contributed by atoms with Gasteiger partial charge in [0.1, 0.15) is 9.84 Å². The number of unbranched alkanes of at least 4 members (excludes halogenated alkanes) is 1. The summed E-state index contributed by atoms with van der Waals surface area (Å²) in [5.41, 5.74) is 5.02. The van der Waals surface area contributed by atoms with Crippen LogP contribution in [0.25, 0.3) is 0 Å². The molecule has 0 unspecified atom stereocenters. The Balaban J connectivity index is 2.04. The summed E-state index contributed by atoms with van der Waals surface area (Å²) in [5.74, 6) is 0.335. The maximum absolute atomic E-state index is 11.2. The van der Waals surface area contributed by atoms with E-state index in [-0.39, 0.29) is 5.91 Å². The lowest BCUT2D eigenvalue weighted by Gasteiger charge is -2.22. The predicted octanol–water partition coefficient (Wildman–Crippen LogP) is -0.191. The Morgan fingerprint density at radius 2 is 1.88 bits per heavy atom. The molecule has 5 nitrogen and oxygen atoms in total. The third kappa shape index (κ3) is 5.46. The van der Waals surface area contributed by atoms with Crippen LogP contribution in [-0.2, 0) is 14.6 Å². The Bertz CT molecular complexity index is 313. The Labute approximate surface area is 96.7 Å². The zero-order chi connectivity index (χ0) is 12.0. The van der Waals surface area contributed by atoms with E-state index in [9.17, 15) is 13.2 Å². The van der Waals surface area contributed by atoms with Gasteiger partial charge in [-0.15, -0.1) is 0 Å². The molecule has 0 aromatic carbocycles. The zero-order valence-corrected chi connectivity index (χ0v) is 10.3. The Morgan fingerprint density at radius 3 is 2.44 bits per heavy atom. The largest absolute Gasteiger partial charge is 0.370 e. The number of carbonyl (C=O) groups is 1. The minimum atomic E-state index is -2.76. The van der Waals surface area contributed by atoms with Gasteiger partial charge < -0.3 is 11.1 Å². The van der Waals surface area contributed by atoms with E-state index in [1.807, 2.05) is 0 Å². The first kappa shape index (κ1) is 13.4. The van der Waals surface area contributed by atoms with Crippen LogP contribution in [0, 0.1) is 0 Å². The third-order valence-electron chi connectivity index (χ3n) is 2.84. The molecule has 1 saturated heterocycles.